The van der Waals surface area contributed by atoms with Gasteiger partial charge in [0.05, 0.1) is 0 Å². The minimum atomic E-state index is -0.0482. The normalized spacial score (nSPS) is 31.4. The summed E-state index contributed by atoms with van der Waals surface area (Å²) in [5.41, 5.74) is 0.282. The van der Waals surface area contributed by atoms with Crippen LogP contribution in [0.15, 0.2) is 0 Å². The van der Waals surface area contributed by atoms with E-state index in [0.29, 0.717) is 6.42 Å². The van der Waals surface area contributed by atoms with Crippen molar-refractivity contribution in [2.45, 2.75) is 19.8 Å². The lowest BCUT2D eigenvalue weighted by Crippen LogP contribution is -2.14. The molecule has 0 spiro atoms. The van der Waals surface area contributed by atoms with E-state index in [9.17, 15) is 9.59 Å². The second-order valence-corrected chi connectivity index (χ2v) is 3.65. The first kappa shape index (κ1) is 6.88. The average molecular weight is 144 g/mol. The largest absolute Gasteiger partial charge is 0.294 e. The number of hydrogen-bond donors (Lipinski definition) is 0. The molecule has 0 amide bonds. The van der Waals surface area contributed by atoms with E-state index in [1.165, 1.54) is 0 Å². The first-order valence-electron chi connectivity index (χ1n) is 3.04. The zero-order chi connectivity index (χ0) is 6.85. The van der Waals surface area contributed by atoms with Crippen molar-refractivity contribution in [1.82, 2.24) is 0 Å². The van der Waals surface area contributed by atoms with Gasteiger partial charge in [0.1, 0.15) is 0 Å². The van der Waals surface area contributed by atoms with Crippen molar-refractivity contribution < 1.29 is 9.59 Å². The summed E-state index contributed by atoms with van der Waals surface area (Å²) in [6.07, 6.45) is 1.38. The highest BCUT2D eigenvalue weighted by Gasteiger charge is 2.22. The summed E-state index contributed by atoms with van der Waals surface area (Å²) in [6, 6.07) is 0. The lowest BCUT2D eigenvalue weighted by Gasteiger charge is -2.13. The van der Waals surface area contributed by atoms with Gasteiger partial charge in [-0.1, -0.05) is 6.92 Å². The predicted molar refractivity (Wildman–Crippen MR) is 36.7 cm³/mol. The van der Waals surface area contributed by atoms with E-state index in [1.54, 1.807) is 0 Å². The van der Waals surface area contributed by atoms with Gasteiger partial charge < -0.3 is 0 Å². The number of rotatable bonds is 0. The Morgan fingerprint density at radius 2 is 2.22 bits per heavy atom. The van der Waals surface area contributed by atoms with Gasteiger partial charge >= 0.3 is 0 Å². The third-order valence-corrected chi connectivity index (χ3v) is 2.78. The smallest absolute Gasteiger partial charge is 0.161 e. The Bertz CT molecular complexity index is 153. The average Bonchev–Trinajstić information content (AvgIpc) is 1.80. The summed E-state index contributed by atoms with van der Waals surface area (Å²) in [7, 11) is -0.0482. The van der Waals surface area contributed by atoms with Crippen molar-refractivity contribution in [3.8, 4) is 0 Å². The van der Waals surface area contributed by atoms with Crippen LogP contribution in [0.4, 0.5) is 0 Å². The molecule has 2 unspecified atom stereocenters. The second-order valence-electron chi connectivity index (χ2n) is 2.35. The molecular formula is C6H9O2P. The number of carbonyl (C=O) groups excluding carboxylic acids is 2. The van der Waals surface area contributed by atoms with E-state index in [1.807, 2.05) is 6.92 Å². The van der Waals surface area contributed by atoms with E-state index >= 15 is 0 Å². The maximum Gasteiger partial charge on any atom is 0.161 e. The molecule has 0 aromatic heterocycles. The van der Waals surface area contributed by atoms with Crippen molar-refractivity contribution in [3.05, 3.63) is 0 Å². The van der Waals surface area contributed by atoms with Gasteiger partial charge in [-0.3, -0.25) is 9.59 Å². The van der Waals surface area contributed by atoms with Crippen LogP contribution in [0.2, 0.25) is 0 Å². The molecule has 0 aromatic rings. The Morgan fingerprint density at radius 3 is 2.67 bits per heavy atom. The molecule has 0 aromatic carbocycles. The van der Waals surface area contributed by atoms with Gasteiger partial charge in [-0.25, -0.2) is 0 Å². The highest BCUT2D eigenvalue weighted by atomic mass is 31.1. The van der Waals surface area contributed by atoms with E-state index in [0.717, 1.165) is 6.42 Å². The molecule has 50 valence electrons. The maximum absolute atomic E-state index is 10.8. The monoisotopic (exact) mass is 144 g/mol. The minimum Gasteiger partial charge on any atom is -0.294 e. The Hall–Kier alpha value is -0.230. The van der Waals surface area contributed by atoms with E-state index < -0.39 is 0 Å². The summed E-state index contributed by atoms with van der Waals surface area (Å²) in [4.78, 5) is 21.4. The number of hydrogen-bond acceptors (Lipinski definition) is 2. The number of carbonyl (C=O) groups is 2. The molecular weight excluding hydrogens is 135 g/mol. The fraction of sp³-hybridized carbons (Fsp3) is 0.667. The summed E-state index contributed by atoms with van der Waals surface area (Å²) >= 11 is 0. The minimum absolute atomic E-state index is 0.0482. The highest BCUT2D eigenvalue weighted by molar-refractivity contribution is 7.74. The lowest BCUT2D eigenvalue weighted by atomic mass is 10.1. The topological polar surface area (TPSA) is 34.1 Å². The summed E-state index contributed by atoms with van der Waals surface area (Å²) in [5, 5.41) is 0. The van der Waals surface area contributed by atoms with Gasteiger partial charge in [-0.2, -0.15) is 0 Å². The first-order chi connectivity index (χ1) is 4.20. The van der Waals surface area contributed by atoms with Crippen LogP contribution in [-0.4, -0.2) is 11.0 Å². The Morgan fingerprint density at radius 1 is 1.56 bits per heavy atom. The first-order valence-corrected chi connectivity index (χ1v) is 4.04. The third-order valence-electron chi connectivity index (χ3n) is 1.51. The summed E-state index contributed by atoms with van der Waals surface area (Å²) < 4.78 is 0. The van der Waals surface area contributed by atoms with Crippen LogP contribution in [0.5, 0.6) is 0 Å². The van der Waals surface area contributed by atoms with Crippen molar-refractivity contribution >= 4 is 19.6 Å². The summed E-state index contributed by atoms with van der Waals surface area (Å²) in [6.45, 7) is 1.89. The molecule has 1 aliphatic rings. The van der Waals surface area contributed by atoms with Crippen molar-refractivity contribution in [3.63, 3.8) is 0 Å². The maximum atomic E-state index is 10.8. The van der Waals surface area contributed by atoms with Gasteiger partial charge in [0.15, 0.2) is 11.0 Å². The molecule has 2 nitrogen and oxygen atoms in total. The van der Waals surface area contributed by atoms with Gasteiger partial charge in [0.25, 0.3) is 0 Å². The van der Waals surface area contributed by atoms with Crippen molar-refractivity contribution in [2.24, 2.45) is 5.92 Å². The zero-order valence-corrected chi connectivity index (χ0v) is 6.31. The zero-order valence-electron chi connectivity index (χ0n) is 5.31. The van der Waals surface area contributed by atoms with Crippen LogP contribution in [-0.2, 0) is 9.59 Å². The highest BCUT2D eigenvalue weighted by Crippen LogP contribution is 2.29. The predicted octanol–water partition coefficient (Wildman–Crippen LogP) is 1.15. The third kappa shape index (κ3) is 1.59. The Kier molecular flexibility index (Phi) is 1.97. The van der Waals surface area contributed by atoms with Crippen LogP contribution in [0.1, 0.15) is 19.8 Å². The molecule has 2 atom stereocenters. The molecule has 1 saturated heterocycles. The van der Waals surface area contributed by atoms with Crippen LogP contribution in [0.25, 0.3) is 0 Å². The van der Waals surface area contributed by atoms with Gasteiger partial charge in [0, 0.05) is 20.9 Å². The molecule has 9 heavy (non-hydrogen) atoms. The molecule has 0 saturated carbocycles. The van der Waals surface area contributed by atoms with Crippen LogP contribution >= 0.6 is 8.58 Å². The Balaban J connectivity index is 2.54. The fourth-order valence-electron chi connectivity index (χ4n) is 0.802. The van der Waals surface area contributed by atoms with Gasteiger partial charge in [-0.05, 0) is 6.42 Å². The van der Waals surface area contributed by atoms with E-state index in [-0.39, 0.29) is 25.5 Å². The second kappa shape index (κ2) is 2.57. The molecule has 0 aliphatic carbocycles. The molecule has 1 heterocycles. The van der Waals surface area contributed by atoms with Crippen LogP contribution in [0, 0.1) is 5.92 Å². The quantitative estimate of drug-likeness (QED) is 0.478. The molecule has 0 radical (unpaired) electrons. The molecule has 0 bridgehead atoms. The lowest BCUT2D eigenvalue weighted by molar-refractivity contribution is -0.118. The fourth-order valence-corrected chi connectivity index (χ4v) is 1.74. The SMILES string of the molecule is CC1CCC(=O)PC1=O. The molecule has 1 aliphatic heterocycles. The van der Waals surface area contributed by atoms with Gasteiger partial charge in [-0.15, -0.1) is 0 Å². The van der Waals surface area contributed by atoms with Crippen molar-refractivity contribution in [2.75, 3.05) is 0 Å². The van der Waals surface area contributed by atoms with Crippen LogP contribution < -0.4 is 0 Å². The van der Waals surface area contributed by atoms with Crippen molar-refractivity contribution in [1.29, 1.82) is 0 Å². The standard InChI is InChI=1S/C6H9O2P/c1-4-2-3-5(7)9-6(4)8/h4,9H,2-3H2,1H3. The molecule has 1 rings (SSSR count). The van der Waals surface area contributed by atoms with E-state index in [2.05, 4.69) is 0 Å². The molecule has 1 fully saturated rings. The van der Waals surface area contributed by atoms with Crippen LogP contribution in [0.3, 0.4) is 0 Å². The Labute approximate surface area is 55.8 Å². The molecule has 0 N–H and O–H groups in total. The molecule has 3 heteroatoms. The summed E-state index contributed by atoms with van der Waals surface area (Å²) in [5.74, 6) is 0.140. The van der Waals surface area contributed by atoms with Gasteiger partial charge in [0.2, 0.25) is 0 Å². The van der Waals surface area contributed by atoms with E-state index in [4.69, 9.17) is 0 Å².